The summed E-state index contributed by atoms with van der Waals surface area (Å²) in [6, 6.07) is 20.6. The van der Waals surface area contributed by atoms with E-state index in [9.17, 15) is 4.79 Å². The van der Waals surface area contributed by atoms with Gasteiger partial charge in [-0.25, -0.2) is 0 Å². The van der Waals surface area contributed by atoms with E-state index in [4.69, 9.17) is 0 Å². The van der Waals surface area contributed by atoms with Gasteiger partial charge in [0.2, 0.25) is 0 Å². The molecule has 0 radical (unpaired) electrons. The summed E-state index contributed by atoms with van der Waals surface area (Å²) in [6.07, 6.45) is 1.51. The van der Waals surface area contributed by atoms with Gasteiger partial charge < -0.3 is 9.69 Å². The topological polar surface area (TPSA) is 20.3 Å². The van der Waals surface area contributed by atoms with Crippen molar-refractivity contribution in [3.8, 4) is 0 Å². The fourth-order valence-electron chi connectivity index (χ4n) is 2.11. The fourth-order valence-corrected chi connectivity index (χ4v) is 2.11. The summed E-state index contributed by atoms with van der Waals surface area (Å²) in [6.45, 7) is 2.50. The van der Waals surface area contributed by atoms with Crippen LogP contribution in [-0.4, -0.2) is 12.3 Å². The molecule has 0 fully saturated rings. The average molecular weight is 253 g/mol. The van der Waals surface area contributed by atoms with Crippen LogP contribution in [-0.2, 0) is 4.79 Å². The van der Waals surface area contributed by atoms with Crippen molar-refractivity contribution in [1.82, 2.24) is 0 Å². The molecule has 0 aromatic heterocycles. The van der Waals surface area contributed by atoms with Crippen LogP contribution >= 0.6 is 0 Å². The van der Waals surface area contributed by atoms with Gasteiger partial charge in [-0.15, -0.1) is 0 Å². The highest BCUT2D eigenvalue weighted by Gasteiger charge is 2.08. The number of rotatable bonds is 6. The molecule has 0 aliphatic heterocycles. The first-order valence-corrected chi connectivity index (χ1v) is 6.64. The Bertz CT molecular complexity index is 468. The lowest BCUT2D eigenvalue weighted by Crippen LogP contribution is -2.18. The Kier molecular flexibility index (Phi) is 4.73. The highest BCUT2D eigenvalue weighted by Crippen LogP contribution is 2.25. The number of benzene rings is 2. The molecule has 0 saturated carbocycles. The van der Waals surface area contributed by atoms with Crippen LogP contribution in [0.25, 0.3) is 0 Å². The minimum absolute atomic E-state index is 0.251. The van der Waals surface area contributed by atoms with Crippen molar-refractivity contribution in [3.05, 3.63) is 60.7 Å². The van der Waals surface area contributed by atoms with Crippen LogP contribution in [0.2, 0.25) is 0 Å². The van der Waals surface area contributed by atoms with Crippen LogP contribution in [0.4, 0.5) is 11.4 Å². The molecule has 98 valence electrons. The Morgan fingerprint density at radius 1 is 0.895 bits per heavy atom. The van der Waals surface area contributed by atoms with Gasteiger partial charge in [0.15, 0.2) is 0 Å². The summed E-state index contributed by atoms with van der Waals surface area (Å²) in [5, 5.41) is 0. The zero-order valence-corrected chi connectivity index (χ0v) is 11.3. The highest BCUT2D eigenvalue weighted by atomic mass is 16.1. The number of hydrogen-bond donors (Lipinski definition) is 0. The largest absolute Gasteiger partial charge is 0.341 e. The van der Waals surface area contributed by atoms with E-state index >= 15 is 0 Å². The van der Waals surface area contributed by atoms with E-state index in [2.05, 4.69) is 29.2 Å². The van der Waals surface area contributed by atoms with Gasteiger partial charge in [0.1, 0.15) is 5.78 Å². The summed E-state index contributed by atoms with van der Waals surface area (Å²) < 4.78 is 0. The molecule has 0 saturated heterocycles. The number of hydrogen-bond acceptors (Lipinski definition) is 2. The molecule has 0 bridgehead atoms. The van der Waals surface area contributed by atoms with Crippen molar-refractivity contribution in [3.63, 3.8) is 0 Å². The first kappa shape index (κ1) is 13.3. The Balaban J connectivity index is 2.17. The molecule has 0 heterocycles. The van der Waals surface area contributed by atoms with Crippen LogP contribution in [0.15, 0.2) is 60.7 Å². The van der Waals surface area contributed by atoms with Gasteiger partial charge in [0.25, 0.3) is 0 Å². The molecule has 0 N–H and O–H groups in total. The third-order valence-corrected chi connectivity index (χ3v) is 3.05. The minimum atomic E-state index is 0.251. The normalized spacial score (nSPS) is 10.2. The lowest BCUT2D eigenvalue weighted by Gasteiger charge is -2.24. The summed E-state index contributed by atoms with van der Waals surface area (Å²) in [4.78, 5) is 13.3. The maximum Gasteiger partial charge on any atom is 0.129 e. The van der Waals surface area contributed by atoms with E-state index in [0.29, 0.717) is 6.42 Å². The van der Waals surface area contributed by atoms with Crippen LogP contribution in [0.5, 0.6) is 0 Å². The minimum Gasteiger partial charge on any atom is -0.341 e. The molecule has 0 amide bonds. The quantitative estimate of drug-likeness (QED) is 0.769. The molecule has 0 spiro atoms. The molecule has 0 atom stereocenters. The number of ketones is 1. The number of anilines is 2. The van der Waals surface area contributed by atoms with Crippen molar-refractivity contribution in [1.29, 1.82) is 0 Å². The predicted molar refractivity (Wildman–Crippen MR) is 79.8 cm³/mol. The SMILES string of the molecule is CC(=O)CCCN(c1ccccc1)c1ccccc1. The van der Waals surface area contributed by atoms with Gasteiger partial charge in [0.05, 0.1) is 0 Å². The number of carbonyl (C=O) groups is 1. The van der Waals surface area contributed by atoms with Gasteiger partial charge >= 0.3 is 0 Å². The van der Waals surface area contributed by atoms with Crippen LogP contribution in [0.1, 0.15) is 19.8 Å². The molecular formula is C17H19NO. The lowest BCUT2D eigenvalue weighted by molar-refractivity contribution is -0.117. The number of Topliss-reactive ketones (excluding diaryl/α,β-unsaturated/α-hetero) is 1. The van der Waals surface area contributed by atoms with Crippen molar-refractivity contribution >= 4 is 17.2 Å². The second-order valence-corrected chi connectivity index (χ2v) is 4.63. The van der Waals surface area contributed by atoms with Gasteiger partial charge in [-0.1, -0.05) is 36.4 Å². The van der Waals surface area contributed by atoms with Crippen LogP contribution < -0.4 is 4.90 Å². The third-order valence-electron chi connectivity index (χ3n) is 3.05. The van der Waals surface area contributed by atoms with Crippen molar-refractivity contribution < 1.29 is 4.79 Å². The van der Waals surface area contributed by atoms with Gasteiger partial charge in [0, 0.05) is 24.3 Å². The smallest absolute Gasteiger partial charge is 0.129 e. The summed E-state index contributed by atoms with van der Waals surface area (Å²) in [5.74, 6) is 0.251. The average Bonchev–Trinajstić information content (AvgIpc) is 2.45. The maximum absolute atomic E-state index is 11.1. The predicted octanol–water partition coefficient (Wildman–Crippen LogP) is 4.19. The second-order valence-electron chi connectivity index (χ2n) is 4.63. The Hall–Kier alpha value is -2.09. The first-order valence-electron chi connectivity index (χ1n) is 6.64. The molecular weight excluding hydrogens is 234 g/mol. The van der Waals surface area contributed by atoms with Gasteiger partial charge in [-0.2, -0.15) is 0 Å². The third kappa shape index (κ3) is 3.95. The molecule has 2 rings (SSSR count). The van der Waals surface area contributed by atoms with E-state index in [0.717, 1.165) is 24.3 Å². The summed E-state index contributed by atoms with van der Waals surface area (Å²) in [5.41, 5.74) is 2.33. The van der Waals surface area contributed by atoms with E-state index in [1.54, 1.807) is 6.92 Å². The fraction of sp³-hybridized carbons (Fsp3) is 0.235. The number of para-hydroxylation sites is 2. The number of nitrogens with zero attached hydrogens (tertiary/aromatic N) is 1. The molecule has 2 aromatic carbocycles. The summed E-state index contributed by atoms with van der Waals surface area (Å²) in [7, 11) is 0. The highest BCUT2D eigenvalue weighted by molar-refractivity contribution is 5.75. The molecule has 19 heavy (non-hydrogen) atoms. The van der Waals surface area contributed by atoms with Gasteiger partial charge in [-0.3, -0.25) is 0 Å². The molecule has 0 aliphatic carbocycles. The Morgan fingerprint density at radius 2 is 1.37 bits per heavy atom. The van der Waals surface area contributed by atoms with Crippen molar-refractivity contribution in [2.75, 3.05) is 11.4 Å². The standard InChI is InChI=1S/C17H19NO/c1-15(19)9-8-14-18(16-10-4-2-5-11-16)17-12-6-3-7-13-17/h2-7,10-13H,8-9,14H2,1H3. The lowest BCUT2D eigenvalue weighted by atomic mass is 10.2. The number of carbonyl (C=O) groups excluding carboxylic acids is 1. The van der Waals surface area contributed by atoms with Crippen LogP contribution in [0, 0.1) is 0 Å². The van der Waals surface area contributed by atoms with Crippen LogP contribution in [0.3, 0.4) is 0 Å². The molecule has 0 aliphatic rings. The van der Waals surface area contributed by atoms with E-state index in [-0.39, 0.29) is 5.78 Å². The zero-order chi connectivity index (χ0) is 13.5. The molecule has 2 nitrogen and oxygen atoms in total. The Labute approximate surface area is 114 Å². The second kappa shape index (κ2) is 6.74. The Morgan fingerprint density at radius 3 is 1.79 bits per heavy atom. The van der Waals surface area contributed by atoms with E-state index in [1.165, 1.54) is 0 Å². The maximum atomic E-state index is 11.1. The first-order chi connectivity index (χ1) is 9.27. The van der Waals surface area contributed by atoms with Crippen molar-refractivity contribution in [2.45, 2.75) is 19.8 Å². The van der Waals surface area contributed by atoms with Gasteiger partial charge in [-0.05, 0) is 37.6 Å². The summed E-state index contributed by atoms with van der Waals surface area (Å²) >= 11 is 0. The van der Waals surface area contributed by atoms with Crippen molar-refractivity contribution in [2.24, 2.45) is 0 Å². The molecule has 0 unspecified atom stereocenters. The zero-order valence-electron chi connectivity index (χ0n) is 11.3. The molecule has 2 heteroatoms. The molecule has 2 aromatic rings. The van der Waals surface area contributed by atoms with E-state index < -0.39 is 0 Å². The van der Waals surface area contributed by atoms with E-state index in [1.807, 2.05) is 36.4 Å². The monoisotopic (exact) mass is 253 g/mol.